The molecule has 1 amide bonds. The maximum atomic E-state index is 11.7. The van der Waals surface area contributed by atoms with Crippen LogP contribution in [0, 0.1) is 0 Å². The maximum absolute atomic E-state index is 11.7. The van der Waals surface area contributed by atoms with Crippen molar-refractivity contribution in [2.24, 2.45) is 0 Å². The van der Waals surface area contributed by atoms with Gasteiger partial charge >= 0.3 is 0 Å². The average Bonchev–Trinajstić information content (AvgIpc) is 2.87. The Morgan fingerprint density at radius 3 is 2.89 bits per heavy atom. The molecule has 6 nitrogen and oxygen atoms in total. The van der Waals surface area contributed by atoms with Crippen LogP contribution in [0.5, 0.6) is 0 Å². The SMILES string of the molecule is CN(C)C(=O)c1ccn(-c2ncccc2CO)n1. The highest BCUT2D eigenvalue weighted by Gasteiger charge is 2.13. The molecule has 0 spiro atoms. The van der Waals surface area contributed by atoms with Crippen molar-refractivity contribution in [2.75, 3.05) is 14.1 Å². The average molecular weight is 246 g/mol. The summed E-state index contributed by atoms with van der Waals surface area (Å²) in [5.74, 6) is 0.355. The second-order valence-electron chi connectivity index (χ2n) is 3.99. The number of nitrogens with zero attached hydrogens (tertiary/aromatic N) is 4. The van der Waals surface area contributed by atoms with Crippen LogP contribution in [-0.2, 0) is 6.61 Å². The first-order valence-corrected chi connectivity index (χ1v) is 5.46. The monoisotopic (exact) mass is 246 g/mol. The lowest BCUT2D eigenvalue weighted by Crippen LogP contribution is -2.22. The van der Waals surface area contributed by atoms with Gasteiger partial charge in [0.05, 0.1) is 6.61 Å². The molecule has 0 radical (unpaired) electrons. The van der Waals surface area contributed by atoms with Gasteiger partial charge in [-0.3, -0.25) is 4.79 Å². The lowest BCUT2D eigenvalue weighted by molar-refractivity contribution is 0.0821. The van der Waals surface area contributed by atoms with Gasteiger partial charge in [-0.1, -0.05) is 6.07 Å². The number of hydrogen-bond acceptors (Lipinski definition) is 4. The molecule has 2 aromatic heterocycles. The van der Waals surface area contributed by atoms with E-state index in [4.69, 9.17) is 0 Å². The Morgan fingerprint density at radius 2 is 2.22 bits per heavy atom. The number of rotatable bonds is 3. The Morgan fingerprint density at radius 1 is 1.44 bits per heavy atom. The van der Waals surface area contributed by atoms with Crippen LogP contribution in [0.25, 0.3) is 5.82 Å². The Labute approximate surface area is 104 Å². The third-order valence-corrected chi connectivity index (χ3v) is 2.47. The largest absolute Gasteiger partial charge is 0.392 e. The van der Waals surface area contributed by atoms with Gasteiger partial charge in [-0.05, 0) is 12.1 Å². The molecule has 18 heavy (non-hydrogen) atoms. The standard InChI is InChI=1S/C12H14N4O2/c1-15(2)12(18)10-5-7-16(14-10)11-9(8-17)4-3-6-13-11/h3-7,17H,8H2,1-2H3. The van der Waals surface area contributed by atoms with Gasteiger partial charge in [-0.2, -0.15) is 5.10 Å². The van der Waals surface area contributed by atoms with E-state index in [0.29, 0.717) is 17.1 Å². The molecule has 0 atom stereocenters. The Balaban J connectivity index is 2.38. The minimum absolute atomic E-state index is 0.125. The fraction of sp³-hybridized carbons (Fsp3) is 0.250. The molecule has 1 N–H and O–H groups in total. The van der Waals surface area contributed by atoms with Crippen molar-refractivity contribution in [3.8, 4) is 5.82 Å². The first-order valence-electron chi connectivity index (χ1n) is 5.46. The van der Waals surface area contributed by atoms with Crippen molar-refractivity contribution >= 4 is 5.91 Å². The summed E-state index contributed by atoms with van der Waals surface area (Å²) < 4.78 is 1.49. The smallest absolute Gasteiger partial charge is 0.273 e. The van der Waals surface area contributed by atoms with Crippen LogP contribution in [0.3, 0.4) is 0 Å². The van der Waals surface area contributed by atoms with Crippen LogP contribution >= 0.6 is 0 Å². The number of aliphatic hydroxyl groups is 1. The third kappa shape index (κ3) is 2.23. The van der Waals surface area contributed by atoms with Crippen LogP contribution in [0.1, 0.15) is 16.1 Å². The van der Waals surface area contributed by atoms with Crippen molar-refractivity contribution < 1.29 is 9.90 Å². The van der Waals surface area contributed by atoms with Crippen LogP contribution in [0.2, 0.25) is 0 Å². The molecule has 0 aliphatic heterocycles. The van der Waals surface area contributed by atoms with Gasteiger partial charge < -0.3 is 10.0 Å². The number of carbonyl (C=O) groups is 1. The maximum Gasteiger partial charge on any atom is 0.273 e. The molecule has 0 aliphatic carbocycles. The van der Waals surface area contributed by atoms with E-state index in [1.807, 2.05) is 0 Å². The lowest BCUT2D eigenvalue weighted by atomic mass is 10.3. The summed E-state index contributed by atoms with van der Waals surface area (Å²) in [6, 6.07) is 5.13. The molecule has 0 aromatic carbocycles. The van der Waals surface area contributed by atoms with Gasteiger partial charge in [0.1, 0.15) is 0 Å². The molecule has 2 aromatic rings. The van der Waals surface area contributed by atoms with Crippen molar-refractivity contribution in [3.63, 3.8) is 0 Å². The molecule has 0 fully saturated rings. The van der Waals surface area contributed by atoms with E-state index in [9.17, 15) is 9.90 Å². The van der Waals surface area contributed by atoms with Crippen molar-refractivity contribution in [1.82, 2.24) is 19.7 Å². The summed E-state index contributed by atoms with van der Waals surface area (Å²) in [6.45, 7) is -0.125. The van der Waals surface area contributed by atoms with Gasteiger partial charge in [0, 0.05) is 32.1 Å². The van der Waals surface area contributed by atoms with E-state index in [1.54, 1.807) is 44.7 Å². The molecule has 6 heteroatoms. The first kappa shape index (κ1) is 12.3. The van der Waals surface area contributed by atoms with E-state index in [1.165, 1.54) is 9.58 Å². The van der Waals surface area contributed by atoms with Gasteiger partial charge in [0.2, 0.25) is 0 Å². The fourth-order valence-electron chi connectivity index (χ4n) is 1.55. The van der Waals surface area contributed by atoms with E-state index in [2.05, 4.69) is 10.1 Å². The number of carbonyl (C=O) groups excluding carboxylic acids is 1. The van der Waals surface area contributed by atoms with Gasteiger partial charge in [0.25, 0.3) is 5.91 Å². The van der Waals surface area contributed by atoms with E-state index in [0.717, 1.165) is 0 Å². The minimum Gasteiger partial charge on any atom is -0.392 e. The van der Waals surface area contributed by atoms with Gasteiger partial charge in [-0.15, -0.1) is 0 Å². The third-order valence-electron chi connectivity index (χ3n) is 2.47. The van der Waals surface area contributed by atoms with E-state index in [-0.39, 0.29) is 12.5 Å². The number of pyridine rings is 1. The van der Waals surface area contributed by atoms with Crippen molar-refractivity contribution in [1.29, 1.82) is 0 Å². The molecule has 0 aliphatic rings. The zero-order valence-corrected chi connectivity index (χ0v) is 10.2. The Bertz CT molecular complexity index is 563. The molecule has 0 bridgehead atoms. The second-order valence-corrected chi connectivity index (χ2v) is 3.99. The molecule has 0 unspecified atom stereocenters. The van der Waals surface area contributed by atoms with Crippen LogP contribution in [0.4, 0.5) is 0 Å². The molecule has 94 valence electrons. The highest BCUT2D eigenvalue weighted by Crippen LogP contribution is 2.11. The highest BCUT2D eigenvalue weighted by atomic mass is 16.3. The number of aromatic nitrogens is 3. The summed E-state index contributed by atoms with van der Waals surface area (Å²) >= 11 is 0. The van der Waals surface area contributed by atoms with Crippen molar-refractivity contribution in [3.05, 3.63) is 41.9 Å². The lowest BCUT2D eigenvalue weighted by Gasteiger charge is -2.07. The molecular formula is C12H14N4O2. The molecule has 2 heterocycles. The first-order chi connectivity index (χ1) is 8.63. The van der Waals surface area contributed by atoms with Crippen LogP contribution < -0.4 is 0 Å². The topological polar surface area (TPSA) is 71.2 Å². The van der Waals surface area contributed by atoms with E-state index < -0.39 is 0 Å². The van der Waals surface area contributed by atoms with Crippen LogP contribution in [-0.4, -0.2) is 44.8 Å². The van der Waals surface area contributed by atoms with Crippen LogP contribution in [0.15, 0.2) is 30.6 Å². The molecule has 0 saturated carbocycles. The Kier molecular flexibility index (Phi) is 3.38. The van der Waals surface area contributed by atoms with E-state index >= 15 is 0 Å². The Hall–Kier alpha value is -2.21. The predicted octanol–water partition coefficient (Wildman–Crippen LogP) is 0.461. The number of amides is 1. The zero-order valence-electron chi connectivity index (χ0n) is 10.2. The fourth-order valence-corrected chi connectivity index (χ4v) is 1.55. The van der Waals surface area contributed by atoms with Gasteiger partial charge in [0.15, 0.2) is 11.5 Å². The molecule has 2 rings (SSSR count). The quantitative estimate of drug-likeness (QED) is 0.854. The predicted molar refractivity (Wildman–Crippen MR) is 65.3 cm³/mol. The summed E-state index contributed by atoms with van der Waals surface area (Å²) in [6.07, 6.45) is 3.27. The summed E-state index contributed by atoms with van der Waals surface area (Å²) in [5, 5.41) is 13.4. The summed E-state index contributed by atoms with van der Waals surface area (Å²) in [5.41, 5.74) is 0.999. The minimum atomic E-state index is -0.171. The highest BCUT2D eigenvalue weighted by molar-refractivity contribution is 5.91. The van der Waals surface area contributed by atoms with Crippen molar-refractivity contribution in [2.45, 2.75) is 6.61 Å². The summed E-state index contributed by atoms with van der Waals surface area (Å²) in [4.78, 5) is 17.3. The summed E-state index contributed by atoms with van der Waals surface area (Å²) in [7, 11) is 3.34. The second kappa shape index (κ2) is 4.97. The zero-order chi connectivity index (χ0) is 13.1. The van der Waals surface area contributed by atoms with Gasteiger partial charge in [-0.25, -0.2) is 9.67 Å². The molecule has 0 saturated heterocycles. The number of aliphatic hydroxyl groups excluding tert-OH is 1. The molecular weight excluding hydrogens is 232 g/mol. The normalized spacial score (nSPS) is 10.4. The number of hydrogen-bond donors (Lipinski definition) is 1.